The average molecular weight is 492 g/mol. The summed E-state index contributed by atoms with van der Waals surface area (Å²) in [5.74, 6) is -0.0194. The third-order valence-electron chi connectivity index (χ3n) is 5.11. The third kappa shape index (κ3) is 6.35. The molecule has 1 saturated heterocycles. The van der Waals surface area contributed by atoms with Crippen LogP contribution in [0.3, 0.4) is 0 Å². The number of esters is 1. The first-order valence-corrected chi connectivity index (χ1v) is 10.7. The van der Waals surface area contributed by atoms with Gasteiger partial charge in [0.05, 0.1) is 17.9 Å². The first-order chi connectivity index (χ1) is 15.6. The fourth-order valence-electron chi connectivity index (χ4n) is 3.50. The van der Waals surface area contributed by atoms with E-state index in [2.05, 4.69) is 4.58 Å². The van der Waals surface area contributed by atoms with Crippen molar-refractivity contribution in [2.24, 2.45) is 0 Å². The van der Waals surface area contributed by atoms with Crippen molar-refractivity contribution in [2.75, 3.05) is 33.1 Å². The Kier molecular flexibility index (Phi) is 8.88. The van der Waals surface area contributed by atoms with Crippen molar-refractivity contribution in [1.29, 1.82) is 0 Å². The van der Waals surface area contributed by atoms with Crippen LogP contribution in [0, 0.1) is 0 Å². The van der Waals surface area contributed by atoms with E-state index in [1.165, 1.54) is 0 Å². The van der Waals surface area contributed by atoms with Crippen LogP contribution in [0.15, 0.2) is 59.0 Å². The van der Waals surface area contributed by atoms with Crippen LogP contribution in [-0.4, -0.2) is 44.3 Å². The van der Waals surface area contributed by atoms with Crippen molar-refractivity contribution < 1.29 is 40.6 Å². The summed E-state index contributed by atoms with van der Waals surface area (Å²) < 4.78 is 24.9. The largest absolute Gasteiger partial charge is 1.00 e. The van der Waals surface area contributed by atoms with Crippen LogP contribution in [0.4, 0.5) is 0 Å². The number of para-hydroxylation sites is 1. The molecule has 4 rings (SSSR count). The summed E-state index contributed by atoms with van der Waals surface area (Å²) in [7, 11) is 0. The lowest BCUT2D eigenvalue weighted by atomic mass is 10.0. The van der Waals surface area contributed by atoms with Gasteiger partial charge >= 0.3 is 11.5 Å². The Morgan fingerprint density at radius 2 is 1.76 bits per heavy atom. The number of carbonyl (C=O) groups is 2. The van der Waals surface area contributed by atoms with E-state index in [0.717, 1.165) is 16.5 Å². The van der Waals surface area contributed by atoms with E-state index in [-0.39, 0.29) is 32.0 Å². The molecule has 1 aliphatic heterocycles. The van der Waals surface area contributed by atoms with Gasteiger partial charge in [0.1, 0.15) is 19.0 Å². The number of halogens is 2. The highest BCUT2D eigenvalue weighted by atomic mass is 35.5. The highest BCUT2D eigenvalue weighted by Gasteiger charge is 2.18. The predicted octanol–water partition coefficient (Wildman–Crippen LogP) is 0.331. The number of rotatable bonds is 7. The molecule has 0 atom stereocenters. The van der Waals surface area contributed by atoms with Crippen molar-refractivity contribution in [3.8, 4) is 16.9 Å². The quantitative estimate of drug-likeness (QED) is 0.205. The molecular formula is C24H23Cl2NO6. The number of nitrogens with zero attached hydrogens (tertiary/aromatic N) is 1. The number of hydrogen-bond donors (Lipinski definition) is 0. The molecule has 0 bridgehead atoms. The van der Waals surface area contributed by atoms with E-state index in [1.54, 1.807) is 6.07 Å². The van der Waals surface area contributed by atoms with E-state index < -0.39 is 11.2 Å². The van der Waals surface area contributed by atoms with Gasteiger partial charge in [0.2, 0.25) is 12.0 Å². The molecule has 0 aliphatic carbocycles. The van der Waals surface area contributed by atoms with Crippen LogP contribution in [0.25, 0.3) is 22.1 Å². The number of ether oxygens (including phenoxy) is 3. The predicted molar refractivity (Wildman–Crippen MR) is 119 cm³/mol. The fraction of sp³-hybridized carbons (Fsp3) is 0.292. The SMILES string of the molecule is O=C(Cl)CCC(=O)OCOc1cc(=[N+]2CCOCC2)oc2c(-c3ccccc3)cccc12.[Cl-]. The summed E-state index contributed by atoms with van der Waals surface area (Å²) in [4.78, 5) is 22.6. The topological polar surface area (TPSA) is 78.0 Å². The molecule has 33 heavy (non-hydrogen) atoms. The van der Waals surface area contributed by atoms with Gasteiger partial charge < -0.3 is 31.0 Å². The Morgan fingerprint density at radius 1 is 1.00 bits per heavy atom. The van der Waals surface area contributed by atoms with Crippen molar-refractivity contribution in [2.45, 2.75) is 12.8 Å². The maximum absolute atomic E-state index is 11.8. The lowest BCUT2D eigenvalue weighted by Gasteiger charge is -2.13. The smallest absolute Gasteiger partial charge is 0.371 e. The molecule has 0 spiro atoms. The normalized spacial score (nSPS) is 13.3. The highest BCUT2D eigenvalue weighted by Crippen LogP contribution is 2.32. The Labute approximate surface area is 201 Å². The van der Waals surface area contributed by atoms with Crippen LogP contribution in [0.2, 0.25) is 0 Å². The summed E-state index contributed by atoms with van der Waals surface area (Å²) in [5.41, 5.74) is 3.28. The van der Waals surface area contributed by atoms with E-state index >= 15 is 0 Å². The first kappa shape index (κ1) is 24.8. The van der Waals surface area contributed by atoms with Gasteiger partial charge in [-0.2, -0.15) is 4.58 Å². The molecule has 9 heteroatoms. The third-order valence-corrected chi connectivity index (χ3v) is 5.30. The average Bonchev–Trinajstić information content (AvgIpc) is 2.83. The molecule has 1 aromatic heterocycles. The number of morpholine rings is 1. The van der Waals surface area contributed by atoms with Gasteiger partial charge in [-0.3, -0.25) is 9.59 Å². The molecule has 7 nitrogen and oxygen atoms in total. The number of fused-ring (bicyclic) bond motifs is 1. The maximum atomic E-state index is 11.8. The van der Waals surface area contributed by atoms with Crippen LogP contribution in [0.5, 0.6) is 5.75 Å². The van der Waals surface area contributed by atoms with Crippen LogP contribution in [-0.2, 0) is 19.1 Å². The van der Waals surface area contributed by atoms with Gasteiger partial charge in [-0.1, -0.05) is 42.5 Å². The zero-order valence-electron chi connectivity index (χ0n) is 17.8. The number of carbonyl (C=O) groups excluding carboxylic acids is 2. The van der Waals surface area contributed by atoms with Crippen LogP contribution >= 0.6 is 11.6 Å². The zero-order chi connectivity index (χ0) is 22.3. The molecular weight excluding hydrogens is 469 g/mol. The molecule has 0 unspecified atom stereocenters. The highest BCUT2D eigenvalue weighted by molar-refractivity contribution is 6.63. The monoisotopic (exact) mass is 491 g/mol. The summed E-state index contributed by atoms with van der Waals surface area (Å²) in [5, 5.41) is 0.178. The van der Waals surface area contributed by atoms with Gasteiger partial charge in [0.15, 0.2) is 18.7 Å². The molecule has 174 valence electrons. The first-order valence-electron chi connectivity index (χ1n) is 10.4. The lowest BCUT2D eigenvalue weighted by molar-refractivity contribution is -0.150. The van der Waals surface area contributed by atoms with Gasteiger partial charge in [-0.15, -0.1) is 0 Å². The summed E-state index contributed by atoms with van der Waals surface area (Å²) in [6.45, 7) is 2.33. The minimum atomic E-state index is -0.581. The second-order valence-electron chi connectivity index (χ2n) is 7.23. The standard InChI is InChI=1S/C24H23ClNO6.ClH/c25-21(27)9-10-23(28)31-16-30-20-15-22(26-11-13-29-14-12-26)32-24-18(7-4-8-19(20)24)17-5-2-1-3-6-17;/h1-8,15H,9-14,16H2;1H/q+1;/p-1. The van der Waals surface area contributed by atoms with Gasteiger partial charge in [0.25, 0.3) is 0 Å². The van der Waals surface area contributed by atoms with E-state index in [9.17, 15) is 9.59 Å². The Bertz CT molecular complexity index is 1180. The molecule has 2 heterocycles. The summed E-state index contributed by atoms with van der Waals surface area (Å²) in [6, 6.07) is 17.6. The van der Waals surface area contributed by atoms with Crippen LogP contribution < -0.4 is 27.3 Å². The van der Waals surface area contributed by atoms with Crippen molar-refractivity contribution in [3.05, 3.63) is 60.2 Å². The molecule has 0 radical (unpaired) electrons. The van der Waals surface area contributed by atoms with Gasteiger partial charge in [0, 0.05) is 12.0 Å². The van der Waals surface area contributed by atoms with Crippen LogP contribution in [0.1, 0.15) is 12.8 Å². The summed E-state index contributed by atoms with van der Waals surface area (Å²) >= 11 is 5.27. The molecule has 3 aromatic rings. The zero-order valence-corrected chi connectivity index (χ0v) is 19.3. The minimum Gasteiger partial charge on any atom is -1.00 e. The molecule has 0 saturated carbocycles. The molecule has 0 amide bonds. The molecule has 0 N–H and O–H groups in total. The second kappa shape index (κ2) is 11.8. The van der Waals surface area contributed by atoms with E-state index in [0.29, 0.717) is 43.2 Å². The summed E-state index contributed by atoms with van der Waals surface area (Å²) in [6.07, 6.45) is -0.164. The number of hydrogen-bond acceptors (Lipinski definition) is 6. The second-order valence-corrected chi connectivity index (χ2v) is 7.65. The van der Waals surface area contributed by atoms with E-state index in [1.807, 2.05) is 48.5 Å². The maximum Gasteiger partial charge on any atom is 0.371 e. The molecule has 1 aliphatic rings. The Hall–Kier alpha value is -2.87. The fourth-order valence-corrected chi connectivity index (χ4v) is 3.59. The Morgan fingerprint density at radius 3 is 2.48 bits per heavy atom. The lowest BCUT2D eigenvalue weighted by Crippen LogP contribution is -3.00. The molecule has 2 aromatic carbocycles. The van der Waals surface area contributed by atoms with Crippen molar-refractivity contribution in [1.82, 2.24) is 4.58 Å². The van der Waals surface area contributed by atoms with Crippen molar-refractivity contribution in [3.63, 3.8) is 0 Å². The van der Waals surface area contributed by atoms with Gasteiger partial charge in [-0.25, -0.2) is 0 Å². The minimum absolute atomic E-state index is 0. The Balaban J connectivity index is 0.00000306. The van der Waals surface area contributed by atoms with E-state index in [4.69, 9.17) is 30.2 Å². The van der Waals surface area contributed by atoms with Crippen molar-refractivity contribution >= 4 is 33.8 Å². The number of benzene rings is 2. The van der Waals surface area contributed by atoms with Gasteiger partial charge in [-0.05, 0) is 23.2 Å². The molecule has 1 fully saturated rings.